The summed E-state index contributed by atoms with van der Waals surface area (Å²) in [5.74, 6) is -0.570. The van der Waals surface area contributed by atoms with Gasteiger partial charge in [-0.05, 0) is 37.6 Å². The van der Waals surface area contributed by atoms with Crippen molar-refractivity contribution in [3.63, 3.8) is 0 Å². The predicted octanol–water partition coefficient (Wildman–Crippen LogP) is 3.50. The van der Waals surface area contributed by atoms with Gasteiger partial charge in [0.1, 0.15) is 0 Å². The molecule has 0 saturated heterocycles. The Bertz CT molecular complexity index is 1100. The van der Waals surface area contributed by atoms with Crippen molar-refractivity contribution in [3.8, 4) is 0 Å². The van der Waals surface area contributed by atoms with E-state index < -0.39 is 0 Å². The first-order chi connectivity index (χ1) is 14.0. The van der Waals surface area contributed by atoms with Gasteiger partial charge in [-0.1, -0.05) is 41.2 Å². The van der Waals surface area contributed by atoms with Gasteiger partial charge < -0.3 is 14.0 Å². The van der Waals surface area contributed by atoms with Gasteiger partial charge in [0, 0.05) is 13.7 Å². The first kappa shape index (κ1) is 21.0. The molecular weight excluding hydrogens is 388 g/mol. The number of ether oxygens (including phenoxy) is 2. The molecule has 0 unspecified atom stereocenters. The fourth-order valence-corrected chi connectivity index (χ4v) is 4.15. The molecule has 7 heteroatoms. The van der Waals surface area contributed by atoms with E-state index in [-0.39, 0.29) is 18.3 Å². The third-order valence-electron chi connectivity index (χ3n) is 4.37. The van der Waals surface area contributed by atoms with Gasteiger partial charge in [0.25, 0.3) is 5.91 Å². The number of esters is 1. The van der Waals surface area contributed by atoms with Crippen LogP contribution in [0.3, 0.4) is 0 Å². The summed E-state index contributed by atoms with van der Waals surface area (Å²) in [6.45, 7) is 5.15. The molecule has 1 amide bonds. The normalized spacial score (nSPS) is 11.8. The second-order valence-electron chi connectivity index (χ2n) is 6.60. The Kier molecular flexibility index (Phi) is 6.95. The van der Waals surface area contributed by atoms with E-state index in [2.05, 4.69) is 4.99 Å². The average Bonchev–Trinajstić information content (AvgIpc) is 3.02. The Hall–Kier alpha value is -2.77. The van der Waals surface area contributed by atoms with E-state index in [1.54, 1.807) is 26.2 Å². The summed E-state index contributed by atoms with van der Waals surface area (Å²) in [5, 5.41) is 0. The molecule has 3 aromatic rings. The molecule has 6 nitrogen and oxygen atoms in total. The van der Waals surface area contributed by atoms with Gasteiger partial charge in [-0.2, -0.15) is 4.99 Å². The molecule has 0 saturated carbocycles. The Labute approximate surface area is 173 Å². The molecule has 0 radical (unpaired) electrons. The molecule has 0 N–H and O–H groups in total. The molecule has 3 rings (SSSR count). The lowest BCUT2D eigenvalue weighted by molar-refractivity contribution is -0.117. The number of carbonyl (C=O) groups is 2. The van der Waals surface area contributed by atoms with Crippen LogP contribution in [-0.4, -0.2) is 36.8 Å². The van der Waals surface area contributed by atoms with Crippen molar-refractivity contribution >= 4 is 33.4 Å². The summed E-state index contributed by atoms with van der Waals surface area (Å²) < 4.78 is 13.1. The summed E-state index contributed by atoms with van der Waals surface area (Å²) in [4.78, 5) is 29.6. The molecule has 152 valence electrons. The smallest absolute Gasteiger partial charge is 0.338 e. The molecule has 29 heavy (non-hydrogen) atoms. The molecule has 0 aliphatic heterocycles. The number of hydrogen-bond acceptors (Lipinski definition) is 5. The van der Waals surface area contributed by atoms with Crippen LogP contribution in [0.4, 0.5) is 0 Å². The van der Waals surface area contributed by atoms with Crippen molar-refractivity contribution in [2.75, 3.05) is 20.3 Å². The van der Waals surface area contributed by atoms with E-state index in [0.717, 1.165) is 21.3 Å². The molecule has 0 aliphatic carbocycles. The van der Waals surface area contributed by atoms with Crippen molar-refractivity contribution in [3.05, 3.63) is 64.0 Å². The van der Waals surface area contributed by atoms with E-state index in [1.807, 2.05) is 41.8 Å². The number of amides is 1. The lowest BCUT2D eigenvalue weighted by Gasteiger charge is -2.05. The van der Waals surface area contributed by atoms with Gasteiger partial charge >= 0.3 is 5.97 Å². The number of aryl methyl sites for hydroxylation is 1. The van der Waals surface area contributed by atoms with Crippen LogP contribution >= 0.6 is 11.3 Å². The second kappa shape index (κ2) is 9.62. The minimum Gasteiger partial charge on any atom is -0.462 e. The highest BCUT2D eigenvalue weighted by Gasteiger charge is 2.13. The van der Waals surface area contributed by atoms with Crippen molar-refractivity contribution in [2.45, 2.75) is 26.8 Å². The van der Waals surface area contributed by atoms with Crippen LogP contribution in [0.2, 0.25) is 0 Å². The third kappa shape index (κ3) is 5.19. The van der Waals surface area contributed by atoms with Gasteiger partial charge in [-0.25, -0.2) is 4.79 Å². The number of hydrogen-bond donors (Lipinski definition) is 0. The molecular formula is C22H24N2O4S. The Morgan fingerprint density at radius 1 is 1.17 bits per heavy atom. The summed E-state index contributed by atoms with van der Waals surface area (Å²) in [5.41, 5.74) is 3.44. The minimum absolute atomic E-state index is 0.209. The summed E-state index contributed by atoms with van der Waals surface area (Å²) in [6, 6.07) is 13.2. The van der Waals surface area contributed by atoms with E-state index in [9.17, 15) is 9.59 Å². The maximum absolute atomic E-state index is 12.6. The largest absolute Gasteiger partial charge is 0.462 e. The molecule has 1 aromatic heterocycles. The second-order valence-corrected chi connectivity index (χ2v) is 7.61. The van der Waals surface area contributed by atoms with Crippen molar-refractivity contribution < 1.29 is 19.1 Å². The number of fused-ring (bicyclic) bond motifs is 1. The number of thiazole rings is 1. The molecule has 0 bridgehead atoms. The summed E-state index contributed by atoms with van der Waals surface area (Å²) >= 11 is 1.38. The van der Waals surface area contributed by atoms with E-state index in [0.29, 0.717) is 30.1 Å². The first-order valence-electron chi connectivity index (χ1n) is 9.44. The fraction of sp³-hybridized carbons (Fsp3) is 0.318. The van der Waals surface area contributed by atoms with Crippen LogP contribution in [0, 0.1) is 6.92 Å². The molecule has 0 spiro atoms. The third-order valence-corrected chi connectivity index (χ3v) is 5.41. The lowest BCUT2D eigenvalue weighted by Crippen LogP contribution is -2.19. The van der Waals surface area contributed by atoms with Crippen LogP contribution in [0.1, 0.15) is 28.4 Å². The minimum atomic E-state index is -0.361. The highest BCUT2D eigenvalue weighted by molar-refractivity contribution is 7.16. The zero-order valence-corrected chi connectivity index (χ0v) is 17.6. The summed E-state index contributed by atoms with van der Waals surface area (Å²) in [6.07, 6.45) is 0.244. The van der Waals surface area contributed by atoms with Gasteiger partial charge in [0.2, 0.25) is 0 Å². The van der Waals surface area contributed by atoms with Crippen LogP contribution in [0.5, 0.6) is 0 Å². The monoisotopic (exact) mass is 412 g/mol. The standard InChI is InChI=1S/C22H24N2O4S/c1-4-28-21(26)17-8-9-18-19(14-17)29-22(24(18)10-11-27-3)23-20(25)13-16-7-5-6-15(2)12-16/h5-9,12,14H,4,10-11,13H2,1-3H3. The molecule has 1 heterocycles. The van der Waals surface area contributed by atoms with Crippen molar-refractivity contribution in [1.29, 1.82) is 0 Å². The molecule has 0 atom stereocenters. The van der Waals surface area contributed by atoms with Crippen molar-refractivity contribution in [2.24, 2.45) is 4.99 Å². The molecule has 2 aromatic carbocycles. The van der Waals surface area contributed by atoms with E-state index in [1.165, 1.54) is 11.3 Å². The van der Waals surface area contributed by atoms with Crippen molar-refractivity contribution in [1.82, 2.24) is 4.57 Å². The lowest BCUT2D eigenvalue weighted by atomic mass is 10.1. The highest BCUT2D eigenvalue weighted by Crippen LogP contribution is 2.20. The molecule has 0 fully saturated rings. The van der Waals surface area contributed by atoms with Crippen LogP contribution in [0.15, 0.2) is 47.5 Å². The Morgan fingerprint density at radius 2 is 2.00 bits per heavy atom. The Balaban J connectivity index is 1.98. The van der Waals surface area contributed by atoms with Gasteiger partial charge in [-0.3, -0.25) is 4.79 Å². The number of benzene rings is 2. The van der Waals surface area contributed by atoms with Gasteiger partial charge in [0.05, 0.1) is 35.4 Å². The van der Waals surface area contributed by atoms with Gasteiger partial charge in [-0.15, -0.1) is 0 Å². The zero-order chi connectivity index (χ0) is 20.8. The topological polar surface area (TPSA) is 69.9 Å². The van der Waals surface area contributed by atoms with Crippen LogP contribution in [-0.2, 0) is 27.2 Å². The maximum atomic E-state index is 12.6. The molecule has 0 aliphatic rings. The SMILES string of the molecule is CCOC(=O)c1ccc2c(c1)sc(=NC(=O)Cc1cccc(C)c1)n2CCOC. The average molecular weight is 413 g/mol. The number of aromatic nitrogens is 1. The maximum Gasteiger partial charge on any atom is 0.338 e. The van der Waals surface area contributed by atoms with E-state index >= 15 is 0 Å². The van der Waals surface area contributed by atoms with E-state index in [4.69, 9.17) is 9.47 Å². The number of nitrogens with zero attached hydrogens (tertiary/aromatic N) is 2. The van der Waals surface area contributed by atoms with Gasteiger partial charge in [0.15, 0.2) is 4.80 Å². The van der Waals surface area contributed by atoms with Crippen LogP contribution in [0.25, 0.3) is 10.2 Å². The Morgan fingerprint density at radius 3 is 2.72 bits per heavy atom. The quantitative estimate of drug-likeness (QED) is 0.557. The summed E-state index contributed by atoms with van der Waals surface area (Å²) in [7, 11) is 1.63. The predicted molar refractivity (Wildman–Crippen MR) is 113 cm³/mol. The highest BCUT2D eigenvalue weighted by atomic mass is 32.1. The van der Waals surface area contributed by atoms with Crippen LogP contribution < -0.4 is 4.80 Å². The fourth-order valence-electron chi connectivity index (χ4n) is 3.04. The number of carbonyl (C=O) groups excluding carboxylic acids is 2. The number of methoxy groups -OCH3 is 1. The first-order valence-corrected chi connectivity index (χ1v) is 10.3. The zero-order valence-electron chi connectivity index (χ0n) is 16.8. The number of rotatable bonds is 7.